The molecule has 1 aromatic heterocycles. The molecule has 0 fully saturated rings. The number of aromatic nitrogens is 1. The highest BCUT2D eigenvalue weighted by molar-refractivity contribution is 9.10. The van der Waals surface area contributed by atoms with Crippen molar-refractivity contribution < 1.29 is 4.79 Å². The van der Waals surface area contributed by atoms with Crippen molar-refractivity contribution in [1.82, 2.24) is 4.98 Å². The zero-order valence-corrected chi connectivity index (χ0v) is 13.2. The fraction of sp³-hybridized carbons (Fsp3) is 0.200. The van der Waals surface area contributed by atoms with Gasteiger partial charge in [0.1, 0.15) is 0 Å². The first-order chi connectivity index (χ1) is 9.47. The summed E-state index contributed by atoms with van der Waals surface area (Å²) in [7, 11) is 3.96. The Balaban J connectivity index is 2.22. The first-order valence-electron chi connectivity index (χ1n) is 6.17. The van der Waals surface area contributed by atoms with E-state index in [-0.39, 0.29) is 5.91 Å². The lowest BCUT2D eigenvalue weighted by Crippen LogP contribution is -2.14. The Kier molecular flexibility index (Phi) is 4.39. The second-order valence-electron chi connectivity index (χ2n) is 4.74. The Hall–Kier alpha value is -1.88. The van der Waals surface area contributed by atoms with Gasteiger partial charge in [0.15, 0.2) is 0 Å². The van der Waals surface area contributed by atoms with Crippen LogP contribution in [0, 0.1) is 6.92 Å². The van der Waals surface area contributed by atoms with E-state index in [9.17, 15) is 4.79 Å². The number of benzene rings is 1. The number of halogens is 1. The van der Waals surface area contributed by atoms with Crippen LogP contribution in [0.5, 0.6) is 0 Å². The summed E-state index contributed by atoms with van der Waals surface area (Å²) in [6, 6.07) is 7.58. The van der Waals surface area contributed by atoms with E-state index >= 15 is 0 Å². The molecule has 1 aromatic carbocycles. The molecule has 1 N–H and O–H groups in total. The van der Waals surface area contributed by atoms with Gasteiger partial charge in [-0.1, -0.05) is 6.07 Å². The summed E-state index contributed by atoms with van der Waals surface area (Å²) in [4.78, 5) is 18.2. The van der Waals surface area contributed by atoms with E-state index in [2.05, 4.69) is 26.2 Å². The van der Waals surface area contributed by atoms with Gasteiger partial charge in [-0.3, -0.25) is 9.78 Å². The van der Waals surface area contributed by atoms with Gasteiger partial charge in [-0.25, -0.2) is 0 Å². The lowest BCUT2D eigenvalue weighted by atomic mass is 10.1. The van der Waals surface area contributed by atoms with Crippen molar-refractivity contribution in [1.29, 1.82) is 0 Å². The van der Waals surface area contributed by atoms with Gasteiger partial charge >= 0.3 is 0 Å². The minimum atomic E-state index is -0.174. The van der Waals surface area contributed by atoms with Gasteiger partial charge in [-0.2, -0.15) is 0 Å². The summed E-state index contributed by atoms with van der Waals surface area (Å²) in [6.45, 7) is 2.04. The second-order valence-corrected chi connectivity index (χ2v) is 5.66. The molecular weight excluding hydrogens is 318 g/mol. The van der Waals surface area contributed by atoms with Gasteiger partial charge in [0, 0.05) is 42.3 Å². The molecule has 20 heavy (non-hydrogen) atoms. The Morgan fingerprint density at radius 3 is 2.65 bits per heavy atom. The summed E-state index contributed by atoms with van der Waals surface area (Å²) >= 11 is 3.31. The predicted octanol–water partition coefficient (Wildman–Crippen LogP) is 3.47. The SMILES string of the molecule is Cc1ccc(NC(=O)c2cncc(Br)c2)cc1N(C)C. The van der Waals surface area contributed by atoms with Crippen LogP contribution in [0.2, 0.25) is 0 Å². The number of carbonyl (C=O) groups excluding carboxylic acids is 1. The molecular formula is C15H16BrN3O. The van der Waals surface area contributed by atoms with Crippen LogP contribution in [0.25, 0.3) is 0 Å². The minimum absolute atomic E-state index is 0.174. The van der Waals surface area contributed by atoms with Crippen molar-refractivity contribution in [3.8, 4) is 0 Å². The lowest BCUT2D eigenvalue weighted by Gasteiger charge is -2.17. The number of hydrogen-bond donors (Lipinski definition) is 1. The lowest BCUT2D eigenvalue weighted by molar-refractivity contribution is 0.102. The standard InChI is InChI=1S/C15H16BrN3O/c1-10-4-5-13(7-14(10)19(2)3)18-15(20)11-6-12(16)9-17-8-11/h4-9H,1-3H3,(H,18,20). The largest absolute Gasteiger partial charge is 0.377 e. The normalized spacial score (nSPS) is 10.2. The predicted molar refractivity (Wildman–Crippen MR) is 85.4 cm³/mol. The van der Waals surface area contributed by atoms with Gasteiger partial charge in [-0.05, 0) is 46.6 Å². The average molecular weight is 334 g/mol. The van der Waals surface area contributed by atoms with Gasteiger partial charge in [0.2, 0.25) is 0 Å². The number of nitrogens with one attached hydrogen (secondary N) is 1. The van der Waals surface area contributed by atoms with Crippen LogP contribution in [-0.2, 0) is 0 Å². The first-order valence-corrected chi connectivity index (χ1v) is 6.96. The maximum Gasteiger partial charge on any atom is 0.257 e. The van der Waals surface area contributed by atoms with Crippen LogP contribution in [0.1, 0.15) is 15.9 Å². The van der Waals surface area contributed by atoms with Crippen LogP contribution < -0.4 is 10.2 Å². The highest BCUT2D eigenvalue weighted by atomic mass is 79.9. The number of hydrogen-bond acceptors (Lipinski definition) is 3. The van der Waals surface area contributed by atoms with E-state index in [0.717, 1.165) is 21.4 Å². The number of pyridine rings is 1. The first kappa shape index (κ1) is 14.5. The third-order valence-corrected chi connectivity index (χ3v) is 3.35. The van der Waals surface area contributed by atoms with E-state index in [4.69, 9.17) is 0 Å². The third-order valence-electron chi connectivity index (χ3n) is 2.92. The molecule has 2 aromatic rings. The smallest absolute Gasteiger partial charge is 0.257 e. The molecule has 0 atom stereocenters. The molecule has 0 spiro atoms. The van der Waals surface area contributed by atoms with Crippen LogP contribution in [0.15, 0.2) is 41.1 Å². The van der Waals surface area contributed by atoms with E-state index in [1.165, 1.54) is 0 Å². The monoisotopic (exact) mass is 333 g/mol. The molecule has 4 nitrogen and oxygen atoms in total. The fourth-order valence-electron chi connectivity index (χ4n) is 1.91. The van der Waals surface area contributed by atoms with Gasteiger partial charge in [0.05, 0.1) is 5.56 Å². The molecule has 5 heteroatoms. The number of anilines is 2. The molecule has 1 amide bonds. The Labute approximate surface area is 127 Å². The molecule has 0 radical (unpaired) electrons. The molecule has 0 aliphatic rings. The highest BCUT2D eigenvalue weighted by Gasteiger charge is 2.09. The maximum atomic E-state index is 12.1. The summed E-state index contributed by atoms with van der Waals surface area (Å²) < 4.78 is 0.781. The third kappa shape index (κ3) is 3.36. The number of aryl methyl sites for hydroxylation is 1. The second kappa shape index (κ2) is 6.05. The number of amides is 1. The molecule has 2 rings (SSSR count). The van der Waals surface area contributed by atoms with Crippen molar-refractivity contribution in [2.75, 3.05) is 24.3 Å². The molecule has 0 bridgehead atoms. The number of carbonyl (C=O) groups is 1. The number of nitrogens with zero attached hydrogens (tertiary/aromatic N) is 2. The summed E-state index contributed by atoms with van der Waals surface area (Å²) in [6.07, 6.45) is 3.19. The molecule has 104 valence electrons. The Morgan fingerprint density at radius 1 is 1.25 bits per heavy atom. The maximum absolute atomic E-state index is 12.1. The molecule has 1 heterocycles. The van der Waals surface area contributed by atoms with Crippen LogP contribution in [0.4, 0.5) is 11.4 Å². The Morgan fingerprint density at radius 2 is 2.00 bits per heavy atom. The average Bonchev–Trinajstić information content (AvgIpc) is 2.40. The van der Waals surface area contributed by atoms with Crippen molar-refractivity contribution in [2.24, 2.45) is 0 Å². The van der Waals surface area contributed by atoms with Crippen LogP contribution >= 0.6 is 15.9 Å². The van der Waals surface area contributed by atoms with Crippen LogP contribution in [-0.4, -0.2) is 25.0 Å². The summed E-state index contributed by atoms with van der Waals surface area (Å²) in [5.74, 6) is -0.174. The van der Waals surface area contributed by atoms with E-state index in [1.54, 1.807) is 18.5 Å². The molecule has 0 saturated heterocycles. The van der Waals surface area contributed by atoms with E-state index in [1.807, 2.05) is 44.1 Å². The summed E-state index contributed by atoms with van der Waals surface area (Å²) in [5, 5.41) is 2.88. The molecule has 0 saturated carbocycles. The van der Waals surface area contributed by atoms with Crippen molar-refractivity contribution in [2.45, 2.75) is 6.92 Å². The van der Waals surface area contributed by atoms with Gasteiger partial charge in [0.25, 0.3) is 5.91 Å². The molecule has 0 unspecified atom stereocenters. The minimum Gasteiger partial charge on any atom is -0.377 e. The quantitative estimate of drug-likeness (QED) is 0.935. The van der Waals surface area contributed by atoms with E-state index in [0.29, 0.717) is 5.56 Å². The van der Waals surface area contributed by atoms with Crippen molar-refractivity contribution in [3.63, 3.8) is 0 Å². The fourth-order valence-corrected chi connectivity index (χ4v) is 2.27. The highest BCUT2D eigenvalue weighted by Crippen LogP contribution is 2.23. The van der Waals surface area contributed by atoms with Crippen molar-refractivity contribution >= 4 is 33.2 Å². The zero-order chi connectivity index (χ0) is 14.7. The molecule has 0 aliphatic heterocycles. The molecule has 0 aliphatic carbocycles. The Bertz CT molecular complexity index is 641. The van der Waals surface area contributed by atoms with Crippen LogP contribution in [0.3, 0.4) is 0 Å². The van der Waals surface area contributed by atoms with E-state index < -0.39 is 0 Å². The topological polar surface area (TPSA) is 45.2 Å². The summed E-state index contributed by atoms with van der Waals surface area (Å²) in [5.41, 5.74) is 3.53. The van der Waals surface area contributed by atoms with Crippen molar-refractivity contribution in [3.05, 3.63) is 52.3 Å². The van der Waals surface area contributed by atoms with Gasteiger partial charge < -0.3 is 10.2 Å². The van der Waals surface area contributed by atoms with Gasteiger partial charge in [-0.15, -0.1) is 0 Å². The zero-order valence-electron chi connectivity index (χ0n) is 11.6. The number of rotatable bonds is 3.